The molecule has 2 aromatic carbocycles. The number of thioether (sulfide) groups is 1. The summed E-state index contributed by atoms with van der Waals surface area (Å²) in [6.07, 6.45) is 21.0. The van der Waals surface area contributed by atoms with Crippen molar-refractivity contribution in [1.82, 2.24) is 4.90 Å². The van der Waals surface area contributed by atoms with Gasteiger partial charge in [0.25, 0.3) is 0 Å². The van der Waals surface area contributed by atoms with Crippen LogP contribution in [0.3, 0.4) is 0 Å². The summed E-state index contributed by atoms with van der Waals surface area (Å²) in [5, 5.41) is 7.93. The molecule has 1 aliphatic rings. The van der Waals surface area contributed by atoms with E-state index in [1.165, 1.54) is 89.0 Å². The largest absolute Gasteiger partial charge is 0.494 e. The number of rotatable bonds is 20. The van der Waals surface area contributed by atoms with E-state index in [0.29, 0.717) is 6.61 Å². The summed E-state index contributed by atoms with van der Waals surface area (Å²) in [4.78, 5) is 14.7. The fraction of sp³-hybridized carbons (Fsp3) is 0.545. The van der Waals surface area contributed by atoms with Gasteiger partial charge in [-0.1, -0.05) is 109 Å². The Labute approximate surface area is 257 Å². The van der Waals surface area contributed by atoms with E-state index in [9.17, 15) is 4.79 Å². The third kappa shape index (κ3) is 15.0. The summed E-state index contributed by atoms with van der Waals surface area (Å²) in [6.45, 7) is 3.87. The number of nitrogens with zero attached hydrogens (tertiary/aromatic N) is 1. The smallest absolute Gasteiger partial charge is 0.323 e. The van der Waals surface area contributed by atoms with Crippen LogP contribution in [-0.4, -0.2) is 23.4 Å². The van der Waals surface area contributed by atoms with E-state index in [1.807, 2.05) is 36.4 Å². The Morgan fingerprint density at radius 3 is 2.00 bits per heavy atom. The van der Waals surface area contributed by atoms with Crippen molar-refractivity contribution in [2.75, 3.05) is 23.1 Å². The van der Waals surface area contributed by atoms with E-state index in [0.717, 1.165) is 36.0 Å². The van der Waals surface area contributed by atoms with Crippen molar-refractivity contribution in [2.45, 2.75) is 103 Å². The zero-order chi connectivity index (χ0) is 27.4. The fourth-order valence-electron chi connectivity index (χ4n) is 4.78. The topological polar surface area (TPSA) is 53.6 Å². The lowest BCUT2D eigenvalue weighted by atomic mass is 10.0. The van der Waals surface area contributed by atoms with Gasteiger partial charge in [0.2, 0.25) is 0 Å². The van der Waals surface area contributed by atoms with Crippen LogP contribution in [0.4, 0.5) is 16.2 Å². The van der Waals surface area contributed by atoms with Crippen LogP contribution in [0, 0.1) is 0 Å². The summed E-state index contributed by atoms with van der Waals surface area (Å²) in [5.74, 6) is 1.78. The summed E-state index contributed by atoms with van der Waals surface area (Å²) in [7, 11) is 0. The maximum Gasteiger partial charge on any atom is 0.323 e. The lowest BCUT2D eigenvalue weighted by Gasteiger charge is -2.15. The molecule has 0 spiro atoms. The first-order valence-corrected chi connectivity index (χ1v) is 16.2. The molecule has 0 atom stereocenters. The van der Waals surface area contributed by atoms with Gasteiger partial charge in [-0.05, 0) is 41.7 Å². The number of amides is 2. The first-order valence-electron chi connectivity index (χ1n) is 15.1. The first-order chi connectivity index (χ1) is 19.2. The molecule has 2 amide bonds. The molecule has 0 aromatic heterocycles. The average Bonchev–Trinajstić information content (AvgIpc) is 3.45. The average molecular weight is 633 g/mol. The maximum atomic E-state index is 12.5. The zero-order valence-corrected chi connectivity index (χ0v) is 26.9. The second-order valence-electron chi connectivity index (χ2n) is 10.6. The summed E-state index contributed by atoms with van der Waals surface area (Å²) in [6, 6.07) is 15.4. The van der Waals surface area contributed by atoms with E-state index < -0.39 is 0 Å². The Bertz CT molecular complexity index is 970. The molecule has 1 heterocycles. The highest BCUT2D eigenvalue weighted by molar-refractivity contribution is 8.93. The highest BCUT2D eigenvalue weighted by atomic mass is 79.9. The van der Waals surface area contributed by atoms with Gasteiger partial charge in [-0.2, -0.15) is 0 Å². The number of unbranched alkanes of at least 4 members (excludes halogenated alkanes) is 13. The molecular formula is C33H50BrN3O2S. The standard InChI is InChI=1S/C33H49N3O2S.BrH/c1-2-3-4-5-6-7-8-9-10-11-12-13-14-15-24-38-32-18-16-17-31(26-32)35-33(37)34-30-21-19-29(20-22-30)27-36-23-25-39-28-36;/h16-23,25-26H,2-15,24,27-28H2,1H3,(H2,34,35,37);1H. The van der Waals surface area contributed by atoms with Gasteiger partial charge < -0.3 is 20.3 Å². The van der Waals surface area contributed by atoms with Gasteiger partial charge in [-0.3, -0.25) is 0 Å². The summed E-state index contributed by atoms with van der Waals surface area (Å²) in [5.41, 5.74) is 2.71. The molecule has 0 radical (unpaired) electrons. The quantitative estimate of drug-likeness (QED) is 0.143. The number of hydrogen-bond acceptors (Lipinski definition) is 4. The lowest BCUT2D eigenvalue weighted by Crippen LogP contribution is -2.19. The lowest BCUT2D eigenvalue weighted by molar-refractivity contribution is 0.262. The van der Waals surface area contributed by atoms with Crippen molar-refractivity contribution in [3.8, 4) is 5.75 Å². The SMILES string of the molecule is Br.CCCCCCCCCCCCCCCCOc1cccc(NC(=O)Nc2ccc(CN3C=CSC3)cc2)c1. The second-order valence-corrected chi connectivity index (χ2v) is 11.4. The number of halogens is 1. The molecule has 0 aliphatic carbocycles. The highest BCUT2D eigenvalue weighted by Crippen LogP contribution is 2.21. The van der Waals surface area contributed by atoms with E-state index in [4.69, 9.17) is 4.74 Å². The minimum absolute atomic E-state index is 0. The molecule has 1 aliphatic heterocycles. The van der Waals surface area contributed by atoms with Crippen molar-refractivity contribution in [1.29, 1.82) is 0 Å². The van der Waals surface area contributed by atoms with Crippen molar-refractivity contribution in [3.05, 3.63) is 65.7 Å². The zero-order valence-electron chi connectivity index (χ0n) is 24.4. The highest BCUT2D eigenvalue weighted by Gasteiger charge is 2.07. The monoisotopic (exact) mass is 631 g/mol. The summed E-state index contributed by atoms with van der Waals surface area (Å²) >= 11 is 1.80. The number of carbonyl (C=O) groups excluding carboxylic acids is 1. The fourth-order valence-corrected chi connectivity index (χ4v) is 5.49. The molecule has 40 heavy (non-hydrogen) atoms. The Hall–Kier alpha value is -2.12. The number of nitrogens with one attached hydrogen (secondary N) is 2. The molecule has 0 fully saturated rings. The van der Waals surface area contributed by atoms with Crippen molar-refractivity contribution in [2.24, 2.45) is 0 Å². The van der Waals surface area contributed by atoms with Crippen LogP contribution in [0.1, 0.15) is 102 Å². The number of benzene rings is 2. The number of anilines is 2. The first kappa shape index (κ1) is 34.1. The molecule has 7 heteroatoms. The Balaban J connectivity index is 0.00000560. The van der Waals surface area contributed by atoms with Gasteiger partial charge in [-0.15, -0.1) is 28.7 Å². The van der Waals surface area contributed by atoms with Gasteiger partial charge in [0.1, 0.15) is 5.75 Å². The van der Waals surface area contributed by atoms with Crippen molar-refractivity contribution in [3.63, 3.8) is 0 Å². The van der Waals surface area contributed by atoms with Crippen LogP contribution in [-0.2, 0) is 6.54 Å². The van der Waals surface area contributed by atoms with Gasteiger partial charge in [-0.25, -0.2) is 4.79 Å². The van der Waals surface area contributed by atoms with Crippen molar-refractivity contribution >= 4 is 46.1 Å². The molecule has 2 aromatic rings. The molecule has 5 nitrogen and oxygen atoms in total. The van der Waals surface area contributed by atoms with E-state index in [-0.39, 0.29) is 23.0 Å². The van der Waals surface area contributed by atoms with Crippen LogP contribution in [0.15, 0.2) is 60.1 Å². The molecule has 3 rings (SSSR count). The molecule has 0 saturated heterocycles. The van der Waals surface area contributed by atoms with Gasteiger partial charge in [0.05, 0.1) is 12.5 Å². The van der Waals surface area contributed by atoms with Gasteiger partial charge in [0, 0.05) is 30.2 Å². The minimum Gasteiger partial charge on any atom is -0.494 e. The predicted molar refractivity (Wildman–Crippen MR) is 179 cm³/mol. The molecule has 0 bridgehead atoms. The predicted octanol–water partition coefficient (Wildman–Crippen LogP) is 10.7. The van der Waals surface area contributed by atoms with Crippen LogP contribution < -0.4 is 15.4 Å². The third-order valence-electron chi connectivity index (χ3n) is 7.06. The number of ether oxygens (including phenoxy) is 1. The number of carbonyl (C=O) groups is 1. The van der Waals surface area contributed by atoms with E-state index >= 15 is 0 Å². The third-order valence-corrected chi connectivity index (χ3v) is 7.86. The van der Waals surface area contributed by atoms with Crippen molar-refractivity contribution < 1.29 is 9.53 Å². The van der Waals surface area contributed by atoms with Crippen LogP contribution in [0.25, 0.3) is 0 Å². The Morgan fingerprint density at radius 1 is 0.800 bits per heavy atom. The molecule has 0 saturated carbocycles. The number of hydrogen-bond donors (Lipinski definition) is 2. The van der Waals surface area contributed by atoms with Gasteiger partial charge in [0.15, 0.2) is 0 Å². The van der Waals surface area contributed by atoms with Crippen LogP contribution >= 0.6 is 28.7 Å². The van der Waals surface area contributed by atoms with Crippen LogP contribution in [0.2, 0.25) is 0 Å². The summed E-state index contributed by atoms with van der Waals surface area (Å²) < 4.78 is 5.94. The second kappa shape index (κ2) is 21.6. The molecule has 222 valence electrons. The Morgan fingerprint density at radius 2 is 1.40 bits per heavy atom. The van der Waals surface area contributed by atoms with E-state index in [1.54, 1.807) is 11.8 Å². The molecule has 2 N–H and O–H groups in total. The minimum atomic E-state index is -0.259. The Kier molecular flexibility index (Phi) is 18.4. The van der Waals surface area contributed by atoms with Crippen LogP contribution in [0.5, 0.6) is 5.75 Å². The maximum absolute atomic E-state index is 12.5. The molecule has 0 unspecified atom stereocenters. The van der Waals surface area contributed by atoms with Gasteiger partial charge >= 0.3 is 6.03 Å². The van der Waals surface area contributed by atoms with E-state index in [2.05, 4.69) is 46.2 Å². The normalized spacial score (nSPS) is 12.3. The number of urea groups is 1. The molecular weight excluding hydrogens is 582 g/mol.